The van der Waals surface area contributed by atoms with Crippen LogP contribution in [0.15, 0.2) is 6.33 Å². The molecule has 34 heavy (non-hydrogen) atoms. The Balaban J connectivity index is 1.83. The number of phosphoric ester groups is 1. The van der Waals surface area contributed by atoms with Gasteiger partial charge in [-0.1, -0.05) is 5.92 Å². The second kappa shape index (κ2) is 9.36. The van der Waals surface area contributed by atoms with Crippen molar-refractivity contribution in [2.24, 2.45) is 5.92 Å². The van der Waals surface area contributed by atoms with E-state index in [1.807, 2.05) is 0 Å². The Labute approximate surface area is 194 Å². The van der Waals surface area contributed by atoms with E-state index in [-0.39, 0.29) is 28.7 Å². The van der Waals surface area contributed by atoms with Gasteiger partial charge in [-0.3, -0.25) is 9.09 Å². The number of carbonyl (C=O) groups excluding carboxylic acids is 1. The lowest BCUT2D eigenvalue weighted by Crippen LogP contribution is -2.39. The first-order valence-electron chi connectivity index (χ1n) is 8.65. The number of phosphoric acid groups is 3. The summed E-state index contributed by atoms with van der Waals surface area (Å²) in [6.07, 6.45) is 6.04. The molecular weight excluding hydrogens is 547 g/mol. The molecule has 2 aromatic heterocycles. The summed E-state index contributed by atoms with van der Waals surface area (Å²) in [6, 6.07) is 0. The number of hydrogen-bond acceptors (Lipinski definition) is 12. The largest absolute Gasteiger partial charge is 0.490 e. The van der Waals surface area contributed by atoms with Gasteiger partial charge in [-0.2, -0.15) is 18.6 Å². The highest BCUT2D eigenvalue weighted by Gasteiger charge is 2.51. The molecule has 0 radical (unpaired) electrons. The van der Waals surface area contributed by atoms with Crippen molar-refractivity contribution in [3.63, 3.8) is 0 Å². The number of nitrogens with zero attached hydrogens (tertiary/aromatic N) is 4. The minimum atomic E-state index is -5.75. The van der Waals surface area contributed by atoms with E-state index < -0.39 is 47.8 Å². The second-order valence-corrected chi connectivity index (χ2v) is 11.4. The molecule has 1 saturated heterocycles. The summed E-state index contributed by atoms with van der Waals surface area (Å²) in [7, 11) is -16.9. The zero-order valence-electron chi connectivity index (χ0n) is 16.4. The SMILES string of the molecule is C#C[C@]1(COP(=O)(O)OP(=O)(O)OP(=O)(O)O)O[C@@H](n2cnc3c(N)nc(Cl)nc32)C[C@@H]1C=O. The Morgan fingerprint density at radius 2 is 1.97 bits per heavy atom. The Morgan fingerprint density at radius 3 is 2.56 bits per heavy atom. The lowest BCUT2D eigenvalue weighted by Gasteiger charge is -2.27. The van der Waals surface area contributed by atoms with Crippen molar-refractivity contribution in [1.82, 2.24) is 19.5 Å². The molecule has 21 heteroatoms. The minimum Gasteiger partial charge on any atom is -0.382 e. The number of carbonyl (C=O) groups is 1. The summed E-state index contributed by atoms with van der Waals surface area (Å²) in [5, 5.41) is -0.201. The first-order chi connectivity index (χ1) is 15.6. The van der Waals surface area contributed by atoms with Gasteiger partial charge in [0, 0.05) is 6.42 Å². The number of nitrogens with two attached hydrogens (primary N) is 1. The smallest absolute Gasteiger partial charge is 0.382 e. The number of aldehydes is 1. The van der Waals surface area contributed by atoms with E-state index >= 15 is 0 Å². The fourth-order valence-electron chi connectivity index (χ4n) is 3.05. The lowest BCUT2D eigenvalue weighted by atomic mass is 9.90. The van der Waals surface area contributed by atoms with Crippen LogP contribution in [0.4, 0.5) is 5.82 Å². The topological polar surface area (TPSA) is 256 Å². The average Bonchev–Trinajstić information content (AvgIpc) is 3.25. The van der Waals surface area contributed by atoms with Gasteiger partial charge in [0.15, 0.2) is 17.1 Å². The number of halogens is 1. The molecule has 3 heterocycles. The van der Waals surface area contributed by atoms with Gasteiger partial charge in [0.1, 0.15) is 18.0 Å². The number of aromatic nitrogens is 4. The molecule has 0 aromatic carbocycles. The molecule has 0 saturated carbocycles. The maximum atomic E-state index is 12.1. The molecular formula is C13H15ClN5O12P3. The quantitative estimate of drug-likeness (QED) is 0.121. The summed E-state index contributed by atoms with van der Waals surface area (Å²) < 4.78 is 53.2. The maximum Gasteiger partial charge on any atom is 0.490 e. The number of ether oxygens (including phenoxy) is 1. The third kappa shape index (κ3) is 5.89. The van der Waals surface area contributed by atoms with Crippen molar-refractivity contribution in [3.8, 4) is 12.3 Å². The van der Waals surface area contributed by atoms with Crippen LogP contribution in [0.3, 0.4) is 0 Å². The maximum absolute atomic E-state index is 12.1. The van der Waals surface area contributed by atoms with E-state index in [0.717, 1.165) is 0 Å². The Bertz CT molecular complexity index is 1310. The van der Waals surface area contributed by atoms with Crippen LogP contribution in [-0.4, -0.2) is 57.6 Å². The number of terminal acetylenes is 1. The van der Waals surface area contributed by atoms with E-state index in [1.165, 1.54) is 10.9 Å². The standard InChI is InChI=1S/C13H15ClN5O12P3/c1-2-13(5-28-33(24,25)31-34(26,27)30-32(21,22)23)7(4-20)3-8(29-13)19-6-16-9-10(15)17-12(14)18-11(9)19/h1,4,6-8H,3,5H2,(H,24,25)(H,26,27)(H2,15,17,18)(H2,21,22,23)/t7-,8-,13-/m1/s1. The van der Waals surface area contributed by atoms with Crippen LogP contribution in [0, 0.1) is 18.3 Å². The summed E-state index contributed by atoms with van der Waals surface area (Å²) in [5.74, 6) is 0.974. The molecule has 0 aliphatic carbocycles. The van der Waals surface area contributed by atoms with E-state index in [4.69, 9.17) is 38.3 Å². The monoisotopic (exact) mass is 561 g/mol. The fraction of sp³-hybridized carbons (Fsp3) is 0.385. The summed E-state index contributed by atoms with van der Waals surface area (Å²) in [6.45, 7) is -1.03. The highest BCUT2D eigenvalue weighted by atomic mass is 35.5. The van der Waals surface area contributed by atoms with Crippen molar-refractivity contribution in [2.75, 3.05) is 12.3 Å². The van der Waals surface area contributed by atoms with Gasteiger partial charge >= 0.3 is 23.5 Å². The number of rotatable bonds is 9. The van der Waals surface area contributed by atoms with Crippen LogP contribution < -0.4 is 5.73 Å². The molecule has 1 aliphatic heterocycles. The number of hydrogen-bond donors (Lipinski definition) is 5. The third-order valence-corrected chi connectivity index (χ3v) is 8.35. The third-order valence-electron chi connectivity index (χ3n) is 4.40. The number of anilines is 1. The first-order valence-corrected chi connectivity index (χ1v) is 13.5. The summed E-state index contributed by atoms with van der Waals surface area (Å²) in [4.78, 5) is 59.6. The van der Waals surface area contributed by atoms with Crippen molar-refractivity contribution in [1.29, 1.82) is 0 Å². The van der Waals surface area contributed by atoms with Crippen molar-refractivity contribution >= 4 is 58.3 Å². The Kier molecular flexibility index (Phi) is 7.39. The second-order valence-electron chi connectivity index (χ2n) is 6.65. The van der Waals surface area contributed by atoms with Gasteiger partial charge in [0.05, 0.1) is 18.9 Å². The fourth-order valence-corrected chi connectivity index (χ4v) is 6.27. The van der Waals surface area contributed by atoms with Crippen LogP contribution in [0.1, 0.15) is 12.6 Å². The Hall–Kier alpha value is -1.76. The molecule has 1 aliphatic rings. The van der Waals surface area contributed by atoms with Crippen molar-refractivity contribution < 1.29 is 55.9 Å². The van der Waals surface area contributed by atoms with Gasteiger partial charge in [-0.05, 0) is 11.6 Å². The van der Waals surface area contributed by atoms with E-state index in [2.05, 4.69) is 34.0 Å². The predicted octanol–water partition coefficient (Wildman–Crippen LogP) is 0.511. The van der Waals surface area contributed by atoms with Gasteiger partial charge in [-0.15, -0.1) is 6.42 Å². The zero-order valence-corrected chi connectivity index (χ0v) is 19.9. The van der Waals surface area contributed by atoms with Crippen LogP contribution in [0.25, 0.3) is 11.2 Å². The van der Waals surface area contributed by atoms with Crippen LogP contribution in [-0.2, 0) is 36.4 Å². The molecule has 17 nitrogen and oxygen atoms in total. The highest BCUT2D eigenvalue weighted by molar-refractivity contribution is 7.66. The van der Waals surface area contributed by atoms with E-state index in [9.17, 15) is 28.3 Å². The lowest BCUT2D eigenvalue weighted by molar-refractivity contribution is -0.118. The van der Waals surface area contributed by atoms with Gasteiger partial charge in [0.2, 0.25) is 5.28 Å². The van der Waals surface area contributed by atoms with Crippen LogP contribution in [0.2, 0.25) is 5.28 Å². The zero-order chi connectivity index (χ0) is 25.5. The predicted molar refractivity (Wildman–Crippen MR) is 110 cm³/mol. The minimum absolute atomic E-state index is 0.0328. The average molecular weight is 562 g/mol. The molecule has 2 aromatic rings. The van der Waals surface area contributed by atoms with Crippen molar-refractivity contribution in [3.05, 3.63) is 11.6 Å². The summed E-state index contributed by atoms with van der Waals surface area (Å²) >= 11 is 5.82. The first kappa shape index (κ1) is 26.8. The number of fused-ring (bicyclic) bond motifs is 1. The molecule has 186 valence electrons. The normalized spacial score (nSPS) is 26.6. The highest BCUT2D eigenvalue weighted by Crippen LogP contribution is 2.66. The molecule has 0 spiro atoms. The molecule has 1 fully saturated rings. The van der Waals surface area contributed by atoms with Crippen LogP contribution in [0.5, 0.6) is 0 Å². The molecule has 3 rings (SSSR count). The Morgan fingerprint density at radius 1 is 1.29 bits per heavy atom. The number of nitrogen functional groups attached to an aromatic ring is 1. The van der Waals surface area contributed by atoms with Gasteiger partial charge in [0.25, 0.3) is 0 Å². The van der Waals surface area contributed by atoms with Gasteiger partial charge in [-0.25, -0.2) is 18.7 Å². The van der Waals surface area contributed by atoms with Crippen molar-refractivity contribution in [2.45, 2.75) is 18.2 Å². The summed E-state index contributed by atoms with van der Waals surface area (Å²) in [5.41, 5.74) is 4.06. The molecule has 2 unspecified atom stereocenters. The molecule has 5 atom stereocenters. The molecule has 0 bridgehead atoms. The molecule has 6 N–H and O–H groups in total. The number of imidazole rings is 1. The van der Waals surface area contributed by atoms with E-state index in [1.54, 1.807) is 0 Å². The molecule has 0 amide bonds. The van der Waals surface area contributed by atoms with E-state index in [0.29, 0.717) is 6.29 Å². The van der Waals surface area contributed by atoms with Gasteiger partial charge < -0.3 is 34.8 Å². The van der Waals surface area contributed by atoms with Crippen LogP contribution >= 0.6 is 35.1 Å².